The predicted molar refractivity (Wildman–Crippen MR) is 118 cm³/mol. The predicted octanol–water partition coefficient (Wildman–Crippen LogP) is 4.04. The van der Waals surface area contributed by atoms with Crippen LogP contribution < -0.4 is 0 Å². The van der Waals surface area contributed by atoms with Gasteiger partial charge in [-0.2, -0.15) is 0 Å². The molecule has 0 radical (unpaired) electrons. The van der Waals surface area contributed by atoms with Crippen molar-refractivity contribution in [3.8, 4) is 11.1 Å². The van der Waals surface area contributed by atoms with Gasteiger partial charge < -0.3 is 19.2 Å². The van der Waals surface area contributed by atoms with Crippen LogP contribution in [0.15, 0.2) is 65.1 Å². The van der Waals surface area contributed by atoms with E-state index in [-0.39, 0.29) is 17.8 Å². The highest BCUT2D eigenvalue weighted by molar-refractivity contribution is 5.84. The summed E-state index contributed by atoms with van der Waals surface area (Å²) in [7, 11) is 0. The van der Waals surface area contributed by atoms with Gasteiger partial charge >= 0.3 is 12.1 Å². The monoisotopic (exact) mass is 432 g/mol. The van der Waals surface area contributed by atoms with Crippen molar-refractivity contribution in [3.05, 3.63) is 83.3 Å². The molecule has 2 aromatic carbocycles. The first-order valence-electron chi connectivity index (χ1n) is 10.7. The molecule has 1 fully saturated rings. The molecule has 1 aliphatic heterocycles. The van der Waals surface area contributed by atoms with E-state index < -0.39 is 5.97 Å². The van der Waals surface area contributed by atoms with Gasteiger partial charge in [0.15, 0.2) is 0 Å². The number of carbonyl (C=O) groups excluding carboxylic acids is 1. The SMILES string of the molecule is O=C(O)c1ccc(CN2CCN(C(=O)OCC3c4ccccc4-c4ccccc43)CC2)o1. The summed E-state index contributed by atoms with van der Waals surface area (Å²) < 4.78 is 11.1. The van der Waals surface area contributed by atoms with Gasteiger partial charge in [-0.3, -0.25) is 4.90 Å². The lowest BCUT2D eigenvalue weighted by Gasteiger charge is -2.33. The van der Waals surface area contributed by atoms with Crippen LogP contribution in [0.4, 0.5) is 4.79 Å². The minimum absolute atomic E-state index is 0.0509. The molecule has 0 spiro atoms. The number of carboxylic acids is 1. The van der Waals surface area contributed by atoms with Crippen LogP contribution in [0.25, 0.3) is 11.1 Å². The maximum absolute atomic E-state index is 12.7. The summed E-state index contributed by atoms with van der Waals surface area (Å²) in [6, 6.07) is 19.7. The molecule has 164 valence electrons. The summed E-state index contributed by atoms with van der Waals surface area (Å²) in [4.78, 5) is 27.5. The Kier molecular flexibility index (Phi) is 5.41. The third kappa shape index (κ3) is 3.87. The Morgan fingerprint density at radius 3 is 2.12 bits per heavy atom. The van der Waals surface area contributed by atoms with Crippen molar-refractivity contribution in [3.63, 3.8) is 0 Å². The molecule has 2 aliphatic rings. The highest BCUT2D eigenvalue weighted by Gasteiger charge is 2.30. The van der Waals surface area contributed by atoms with E-state index in [0.29, 0.717) is 45.1 Å². The third-order valence-electron chi connectivity index (χ3n) is 6.22. The Morgan fingerprint density at radius 2 is 1.53 bits per heavy atom. The quantitative estimate of drug-likeness (QED) is 0.655. The molecule has 1 N–H and O–H groups in total. The number of aromatic carboxylic acids is 1. The lowest BCUT2D eigenvalue weighted by Crippen LogP contribution is -2.48. The fourth-order valence-corrected chi connectivity index (χ4v) is 4.57. The van der Waals surface area contributed by atoms with E-state index >= 15 is 0 Å². The summed E-state index contributed by atoms with van der Waals surface area (Å²) in [5, 5.41) is 8.97. The van der Waals surface area contributed by atoms with E-state index in [1.165, 1.54) is 28.3 Å². The lowest BCUT2D eigenvalue weighted by atomic mass is 9.98. The average molecular weight is 432 g/mol. The minimum atomic E-state index is -1.07. The van der Waals surface area contributed by atoms with E-state index in [9.17, 15) is 9.59 Å². The summed E-state index contributed by atoms with van der Waals surface area (Å²) in [6.07, 6.45) is -0.294. The maximum atomic E-state index is 12.7. The largest absolute Gasteiger partial charge is 0.475 e. The van der Waals surface area contributed by atoms with E-state index in [0.717, 1.165) is 0 Å². The second-order valence-electron chi connectivity index (χ2n) is 8.14. The van der Waals surface area contributed by atoms with Crippen molar-refractivity contribution in [2.75, 3.05) is 32.8 Å². The number of piperazine rings is 1. The van der Waals surface area contributed by atoms with Gasteiger partial charge in [-0.15, -0.1) is 0 Å². The van der Waals surface area contributed by atoms with Gasteiger partial charge in [0.25, 0.3) is 0 Å². The van der Waals surface area contributed by atoms with Crippen molar-refractivity contribution in [2.45, 2.75) is 12.5 Å². The van der Waals surface area contributed by atoms with Crippen molar-refractivity contribution >= 4 is 12.1 Å². The van der Waals surface area contributed by atoms with E-state index in [1.54, 1.807) is 11.0 Å². The van der Waals surface area contributed by atoms with Crippen LogP contribution in [-0.4, -0.2) is 59.8 Å². The molecule has 0 atom stereocenters. The first-order valence-corrected chi connectivity index (χ1v) is 10.7. The van der Waals surface area contributed by atoms with Crippen molar-refractivity contribution in [1.29, 1.82) is 0 Å². The summed E-state index contributed by atoms with van der Waals surface area (Å²) in [5.74, 6) is -0.472. The number of furan rings is 1. The van der Waals surface area contributed by atoms with Crippen molar-refractivity contribution in [1.82, 2.24) is 9.80 Å². The van der Waals surface area contributed by atoms with Crippen LogP contribution in [0.1, 0.15) is 33.4 Å². The lowest BCUT2D eigenvalue weighted by molar-refractivity contribution is 0.0640. The zero-order valence-electron chi connectivity index (χ0n) is 17.6. The zero-order chi connectivity index (χ0) is 22.1. The molecule has 0 saturated carbocycles. The number of amides is 1. The number of carbonyl (C=O) groups is 2. The number of fused-ring (bicyclic) bond motifs is 3. The summed E-state index contributed by atoms with van der Waals surface area (Å²) >= 11 is 0. The van der Waals surface area contributed by atoms with Crippen LogP contribution in [0.3, 0.4) is 0 Å². The van der Waals surface area contributed by atoms with Gasteiger partial charge in [0.2, 0.25) is 5.76 Å². The Morgan fingerprint density at radius 1 is 0.906 bits per heavy atom. The number of hydrogen-bond acceptors (Lipinski definition) is 5. The molecule has 0 unspecified atom stereocenters. The van der Waals surface area contributed by atoms with Gasteiger partial charge in [0.05, 0.1) is 6.54 Å². The molecule has 1 amide bonds. The first-order chi connectivity index (χ1) is 15.6. The second-order valence-corrected chi connectivity index (χ2v) is 8.14. The molecular weight excluding hydrogens is 408 g/mol. The molecular formula is C25H24N2O5. The molecule has 3 aromatic rings. The van der Waals surface area contributed by atoms with E-state index in [2.05, 4.69) is 29.2 Å². The number of nitrogens with zero attached hydrogens (tertiary/aromatic N) is 2. The first kappa shape index (κ1) is 20.3. The normalized spacial score (nSPS) is 15.9. The smallest absolute Gasteiger partial charge is 0.409 e. The summed E-state index contributed by atoms with van der Waals surface area (Å²) in [6.45, 7) is 3.30. The number of carboxylic acid groups (broad SMARTS) is 1. The van der Waals surface area contributed by atoms with Gasteiger partial charge in [0.1, 0.15) is 12.4 Å². The molecule has 2 heterocycles. The minimum Gasteiger partial charge on any atom is -0.475 e. The van der Waals surface area contributed by atoms with Crippen molar-refractivity contribution < 1.29 is 23.8 Å². The maximum Gasteiger partial charge on any atom is 0.409 e. The highest BCUT2D eigenvalue weighted by atomic mass is 16.6. The molecule has 5 rings (SSSR count). The Hall–Kier alpha value is -3.58. The molecule has 7 nitrogen and oxygen atoms in total. The molecule has 7 heteroatoms. The number of rotatable bonds is 5. The standard InChI is InChI=1S/C25H24N2O5/c28-24(29)23-10-9-17(32-23)15-26-11-13-27(14-12-26)25(30)31-16-22-20-7-3-1-5-18(20)19-6-2-4-8-21(19)22/h1-10,22H,11-16H2,(H,28,29). The molecule has 1 aromatic heterocycles. The number of benzene rings is 2. The molecule has 1 saturated heterocycles. The molecule has 1 aliphatic carbocycles. The zero-order valence-corrected chi connectivity index (χ0v) is 17.6. The number of ether oxygens (including phenoxy) is 1. The topological polar surface area (TPSA) is 83.2 Å². The van der Waals surface area contributed by atoms with Crippen LogP contribution in [-0.2, 0) is 11.3 Å². The van der Waals surface area contributed by atoms with Crippen LogP contribution >= 0.6 is 0 Å². The van der Waals surface area contributed by atoms with Gasteiger partial charge in [-0.1, -0.05) is 48.5 Å². The molecule has 32 heavy (non-hydrogen) atoms. The van der Waals surface area contributed by atoms with E-state index in [4.69, 9.17) is 14.3 Å². The Balaban J connectivity index is 1.16. The van der Waals surface area contributed by atoms with Crippen LogP contribution in [0.2, 0.25) is 0 Å². The molecule has 0 bridgehead atoms. The third-order valence-corrected chi connectivity index (χ3v) is 6.22. The number of hydrogen-bond donors (Lipinski definition) is 1. The summed E-state index contributed by atoms with van der Waals surface area (Å²) in [5.41, 5.74) is 4.82. The fraction of sp³-hybridized carbons (Fsp3) is 0.280. The van der Waals surface area contributed by atoms with Crippen LogP contribution in [0, 0.1) is 0 Å². The Bertz CT molecular complexity index is 1100. The van der Waals surface area contributed by atoms with E-state index in [1.807, 2.05) is 24.3 Å². The van der Waals surface area contributed by atoms with Gasteiger partial charge in [-0.05, 0) is 34.4 Å². The highest BCUT2D eigenvalue weighted by Crippen LogP contribution is 2.44. The second kappa shape index (κ2) is 8.51. The van der Waals surface area contributed by atoms with Crippen molar-refractivity contribution in [2.24, 2.45) is 0 Å². The van der Waals surface area contributed by atoms with Gasteiger partial charge in [-0.25, -0.2) is 9.59 Å². The van der Waals surface area contributed by atoms with Gasteiger partial charge in [0, 0.05) is 32.1 Å². The van der Waals surface area contributed by atoms with Crippen LogP contribution in [0.5, 0.6) is 0 Å². The Labute approximate surface area is 185 Å². The fourth-order valence-electron chi connectivity index (χ4n) is 4.57. The average Bonchev–Trinajstić information content (AvgIpc) is 3.41.